The Hall–Kier alpha value is -6.47. The van der Waals surface area contributed by atoms with Crippen LogP contribution < -0.4 is 14.6 Å². The number of rotatable bonds is 19. The van der Waals surface area contributed by atoms with Crippen molar-refractivity contribution in [3.8, 4) is 51.0 Å². The van der Waals surface area contributed by atoms with Crippen LogP contribution in [0.4, 0.5) is 87.8 Å². The molecule has 73 heavy (non-hydrogen) atoms. The zero-order valence-electron chi connectivity index (χ0n) is 38.1. The van der Waals surface area contributed by atoms with Gasteiger partial charge in [0.15, 0.2) is 58.0 Å². The van der Waals surface area contributed by atoms with Crippen molar-refractivity contribution >= 4 is 5.97 Å². The second kappa shape index (κ2) is 24.0. The Kier molecular flexibility index (Phi) is 19.5. The molecule has 0 aromatic heterocycles. The summed E-state index contributed by atoms with van der Waals surface area (Å²) in [5, 5.41) is 23.9. The number of carbonyl (C=O) groups is 1. The number of ether oxygens (including phenoxy) is 2. The SMILES string of the molecule is CCCC[N+](CCCC)(CCCC)CCCC.O=C(O)c1c(-c2c(F)c(F)c(F)c(F)c2F)c([O-])c(Oc2c(F)c(F)c(F)c(F)c2F)c(Oc2c(F)c(F)c(F)c(F)c2F)c1-c1c(F)c(F)c(F)c(F)c1F. The predicted octanol–water partition coefficient (Wildman–Crippen LogP) is 15.2. The molecule has 0 heterocycles. The molecule has 0 atom stereocenters. The second-order valence-corrected chi connectivity index (χ2v) is 16.0. The molecule has 0 spiro atoms. The third kappa shape index (κ3) is 11.2. The number of benzene rings is 5. The van der Waals surface area contributed by atoms with Gasteiger partial charge in [0.2, 0.25) is 81.3 Å². The van der Waals surface area contributed by atoms with Gasteiger partial charge in [-0.25, -0.2) is 75.0 Å². The van der Waals surface area contributed by atoms with Crippen LogP contribution in [-0.4, -0.2) is 41.7 Å². The number of quaternary nitrogens is 1. The summed E-state index contributed by atoms with van der Waals surface area (Å²) in [6.45, 7) is 15.0. The minimum absolute atomic E-state index is 1.35. The number of aromatic carboxylic acids is 1. The minimum atomic E-state index is -3.34. The molecule has 1 N–H and O–H groups in total. The van der Waals surface area contributed by atoms with E-state index in [9.17, 15) is 85.3 Å². The third-order valence-electron chi connectivity index (χ3n) is 11.2. The molecule has 6 nitrogen and oxygen atoms in total. The number of nitrogens with zero attached hydrogens (tertiary/aromatic N) is 1. The third-order valence-corrected chi connectivity index (χ3v) is 11.2. The smallest absolute Gasteiger partial charge is 0.337 e. The largest absolute Gasteiger partial charge is 0.869 e. The molecule has 0 bridgehead atoms. The van der Waals surface area contributed by atoms with Gasteiger partial charge < -0.3 is 24.2 Å². The number of carboxylic acids is 1. The average molecular weight is 1080 g/mol. The van der Waals surface area contributed by atoms with Crippen molar-refractivity contribution in [1.29, 1.82) is 0 Å². The monoisotopic (exact) mass is 1080 g/mol. The highest BCUT2D eigenvalue weighted by atomic mass is 19.2. The Morgan fingerprint density at radius 2 is 0.589 bits per heavy atom. The van der Waals surface area contributed by atoms with E-state index in [1.54, 1.807) is 0 Å². The van der Waals surface area contributed by atoms with Gasteiger partial charge in [-0.1, -0.05) is 59.1 Å². The molecule has 5 aromatic rings. The van der Waals surface area contributed by atoms with Crippen LogP contribution in [0, 0.1) is 116 Å². The van der Waals surface area contributed by atoms with E-state index >= 15 is 17.6 Å². The molecule has 0 fully saturated rings. The maximum absolute atomic E-state index is 15.4. The summed E-state index contributed by atoms with van der Waals surface area (Å²) in [7, 11) is 0. The van der Waals surface area contributed by atoms with Crippen molar-refractivity contribution in [1.82, 2.24) is 0 Å². The molecule has 0 aliphatic heterocycles. The fourth-order valence-corrected chi connectivity index (χ4v) is 7.41. The van der Waals surface area contributed by atoms with Gasteiger partial charge >= 0.3 is 5.97 Å². The van der Waals surface area contributed by atoms with Crippen molar-refractivity contribution in [2.75, 3.05) is 26.2 Å². The van der Waals surface area contributed by atoms with Crippen LogP contribution in [-0.2, 0) is 0 Å². The lowest BCUT2D eigenvalue weighted by molar-refractivity contribution is -0.929. The van der Waals surface area contributed by atoms with Gasteiger partial charge in [0.25, 0.3) is 0 Å². The van der Waals surface area contributed by atoms with Gasteiger partial charge in [-0.3, -0.25) is 0 Å². The summed E-state index contributed by atoms with van der Waals surface area (Å²) in [5.74, 6) is -82.3. The first kappa shape index (κ1) is 59.1. The fourth-order valence-electron chi connectivity index (χ4n) is 7.41. The molecule has 5 rings (SSSR count). The lowest BCUT2D eigenvalue weighted by Crippen LogP contribution is -2.50. The van der Waals surface area contributed by atoms with Gasteiger partial charge in [0.05, 0.1) is 42.9 Å². The highest BCUT2D eigenvalue weighted by molar-refractivity contribution is 6.08. The summed E-state index contributed by atoms with van der Waals surface area (Å²) in [4.78, 5) is 12.6. The highest BCUT2D eigenvalue weighted by Gasteiger charge is 2.41. The highest BCUT2D eigenvalue weighted by Crippen LogP contribution is 2.57. The molecule has 0 saturated heterocycles. The van der Waals surface area contributed by atoms with E-state index in [4.69, 9.17) is 0 Å². The number of halogens is 20. The van der Waals surface area contributed by atoms with Crippen LogP contribution in [0.3, 0.4) is 0 Å². The Morgan fingerprint density at radius 3 is 0.849 bits per heavy atom. The number of carboxylic acid groups (broad SMARTS) is 1. The van der Waals surface area contributed by atoms with Crippen LogP contribution in [0.25, 0.3) is 22.3 Å². The zero-order valence-corrected chi connectivity index (χ0v) is 38.1. The van der Waals surface area contributed by atoms with E-state index in [2.05, 4.69) is 37.2 Å². The van der Waals surface area contributed by atoms with E-state index in [1.165, 1.54) is 82.0 Å². The molecule has 400 valence electrons. The van der Waals surface area contributed by atoms with Crippen LogP contribution >= 0.6 is 0 Å². The molecule has 0 saturated carbocycles. The van der Waals surface area contributed by atoms with Crippen LogP contribution in [0.5, 0.6) is 28.7 Å². The first-order valence-corrected chi connectivity index (χ1v) is 21.6. The van der Waals surface area contributed by atoms with E-state index in [0.29, 0.717) is 0 Å². The molecule has 0 aliphatic rings. The number of unbranched alkanes of at least 4 members (excludes halogenated alkanes) is 4. The van der Waals surface area contributed by atoms with Crippen LogP contribution in [0.1, 0.15) is 89.4 Å². The standard InChI is InChI=1S/C31H2F20O5.C16H36N/c32-6-4(7(33)11(37)14(40)10(6)36)1-3(31(53)54)2(5-8(34)12(38)15(41)13(39)9(5)35)27(55-28-22(48)18(44)16(42)19(45)23(28)49)30(26(1)52)56-29-24(50)20(46)17(43)21(47)25(29)51;1-5-9-13-17(14-10-6-2,15-11-7-3)16-12-8-4/h52H,(H,53,54);5-16H2,1-4H3/q;+1/p-1. The van der Waals surface area contributed by atoms with Gasteiger partial charge in [-0.2, -0.15) is 17.6 Å². The molecule has 5 aromatic carbocycles. The molecular weight excluding hydrogens is 1040 g/mol. The normalized spacial score (nSPS) is 11.6. The summed E-state index contributed by atoms with van der Waals surface area (Å²) in [5.41, 5.74) is -14.5. The number of hydrogen-bond acceptors (Lipinski definition) is 4. The summed E-state index contributed by atoms with van der Waals surface area (Å²) in [6.07, 6.45) is 11.1. The van der Waals surface area contributed by atoms with Crippen molar-refractivity contribution in [2.45, 2.75) is 79.1 Å². The van der Waals surface area contributed by atoms with Gasteiger partial charge in [-0.15, -0.1) is 0 Å². The van der Waals surface area contributed by atoms with Crippen LogP contribution in [0.15, 0.2) is 0 Å². The molecular formula is C47H37F20NO5. The molecule has 0 radical (unpaired) electrons. The van der Waals surface area contributed by atoms with Gasteiger partial charge in [-0.05, 0) is 31.2 Å². The van der Waals surface area contributed by atoms with Crippen molar-refractivity contribution < 1.29 is 117 Å². The molecule has 0 amide bonds. The Morgan fingerprint density at radius 1 is 0.356 bits per heavy atom. The van der Waals surface area contributed by atoms with E-state index in [-0.39, 0.29) is 0 Å². The second-order valence-electron chi connectivity index (χ2n) is 16.0. The topological polar surface area (TPSA) is 78.8 Å². The predicted molar refractivity (Wildman–Crippen MR) is 215 cm³/mol. The van der Waals surface area contributed by atoms with E-state index in [1.807, 2.05) is 0 Å². The summed E-state index contributed by atoms with van der Waals surface area (Å²) in [6, 6.07) is 0. The average Bonchev–Trinajstić information content (AvgIpc) is 3.37. The summed E-state index contributed by atoms with van der Waals surface area (Å²) >= 11 is 0. The zero-order chi connectivity index (χ0) is 55.3. The lowest BCUT2D eigenvalue weighted by atomic mass is 9.88. The maximum Gasteiger partial charge on any atom is 0.337 e. The Balaban J connectivity index is 0.000000580. The maximum atomic E-state index is 15.4. The Labute approximate surface area is 400 Å². The summed E-state index contributed by atoms with van der Waals surface area (Å²) < 4.78 is 300. The fraction of sp³-hybridized carbons (Fsp3) is 0.340. The van der Waals surface area contributed by atoms with Gasteiger partial charge in [0, 0.05) is 5.56 Å². The minimum Gasteiger partial charge on any atom is -0.869 e. The van der Waals surface area contributed by atoms with Crippen molar-refractivity contribution in [2.24, 2.45) is 0 Å². The van der Waals surface area contributed by atoms with E-state index < -0.39 is 179 Å². The van der Waals surface area contributed by atoms with E-state index in [0.717, 1.165) is 0 Å². The molecule has 0 aliphatic carbocycles. The molecule has 0 unspecified atom stereocenters. The van der Waals surface area contributed by atoms with Crippen molar-refractivity contribution in [3.05, 3.63) is 122 Å². The number of hydrogen-bond donors (Lipinski definition) is 1. The van der Waals surface area contributed by atoms with Crippen LogP contribution in [0.2, 0.25) is 0 Å². The van der Waals surface area contributed by atoms with Crippen molar-refractivity contribution in [3.63, 3.8) is 0 Å². The Bertz CT molecular complexity index is 2780. The molecule has 26 heteroatoms. The quantitative estimate of drug-likeness (QED) is 0.0386. The van der Waals surface area contributed by atoms with Gasteiger partial charge in [0.1, 0.15) is 0 Å². The first-order valence-electron chi connectivity index (χ1n) is 21.6. The lowest BCUT2D eigenvalue weighted by Gasteiger charge is -2.39. The first-order chi connectivity index (χ1) is 34.2.